The fraction of sp³-hybridized carbons (Fsp3) is 0.900. The van der Waals surface area contributed by atoms with Crippen LogP contribution in [-0.2, 0) is 9.59 Å². The Hall–Kier alpha value is -1.06. The maximum atomic E-state index is 12.2. The molecule has 0 aromatic rings. The van der Waals surface area contributed by atoms with Crippen LogP contribution in [0.25, 0.3) is 0 Å². The first-order chi connectivity index (χ1) is 11.3. The molecule has 0 aromatic carbocycles. The third-order valence-electron chi connectivity index (χ3n) is 5.08. The molecule has 0 radical (unpaired) electrons. The van der Waals surface area contributed by atoms with Crippen LogP contribution in [0.2, 0.25) is 0 Å². The van der Waals surface area contributed by atoms with E-state index < -0.39 is 17.4 Å². The van der Waals surface area contributed by atoms with Gasteiger partial charge in [-0.05, 0) is 37.5 Å². The van der Waals surface area contributed by atoms with Gasteiger partial charge in [0.2, 0.25) is 0 Å². The molecule has 0 fully saturated rings. The third-order valence-corrected chi connectivity index (χ3v) is 5.08. The molecule has 0 heterocycles. The molecule has 2 atom stereocenters. The molecule has 0 amide bonds. The fourth-order valence-corrected chi connectivity index (χ4v) is 3.79. The van der Waals surface area contributed by atoms with E-state index in [1.807, 2.05) is 0 Å². The van der Waals surface area contributed by atoms with E-state index in [9.17, 15) is 14.7 Å². The highest BCUT2D eigenvalue weighted by Crippen LogP contribution is 2.41. The molecule has 2 N–H and O–H groups in total. The minimum Gasteiger partial charge on any atom is -0.481 e. The van der Waals surface area contributed by atoms with Gasteiger partial charge < -0.3 is 10.2 Å². The maximum Gasteiger partial charge on any atom is 0.309 e. The largest absolute Gasteiger partial charge is 0.481 e. The van der Waals surface area contributed by atoms with E-state index in [2.05, 4.69) is 27.7 Å². The standard InChI is InChI=1S/C20H38O4/c1-5-7-10-16(3)14-20(19(23)24,13-9-12-18(21)22)15-17(4)11-8-6-2/h16-17H,5-15H2,1-4H3,(H,21,22)(H,23,24). The van der Waals surface area contributed by atoms with Crippen LogP contribution in [0.5, 0.6) is 0 Å². The number of carboxylic acid groups (broad SMARTS) is 2. The number of aliphatic carboxylic acids is 2. The number of unbranched alkanes of at least 4 members (excludes halogenated alkanes) is 2. The molecular weight excluding hydrogens is 304 g/mol. The molecule has 4 heteroatoms. The highest BCUT2D eigenvalue weighted by Gasteiger charge is 2.40. The van der Waals surface area contributed by atoms with Crippen molar-refractivity contribution in [1.29, 1.82) is 0 Å². The molecule has 0 rings (SSSR count). The molecule has 142 valence electrons. The van der Waals surface area contributed by atoms with Crippen LogP contribution in [0, 0.1) is 17.3 Å². The van der Waals surface area contributed by atoms with E-state index in [0.717, 1.165) is 38.5 Å². The zero-order valence-electron chi connectivity index (χ0n) is 16.1. The van der Waals surface area contributed by atoms with Crippen LogP contribution in [0.4, 0.5) is 0 Å². The summed E-state index contributed by atoms with van der Waals surface area (Å²) in [5.74, 6) is -0.847. The van der Waals surface area contributed by atoms with Gasteiger partial charge in [0.25, 0.3) is 0 Å². The molecule has 4 nitrogen and oxygen atoms in total. The molecule has 0 aliphatic carbocycles. The second-order valence-corrected chi connectivity index (χ2v) is 7.74. The second kappa shape index (κ2) is 12.3. The maximum absolute atomic E-state index is 12.2. The zero-order chi connectivity index (χ0) is 18.6. The second-order valence-electron chi connectivity index (χ2n) is 7.74. The molecule has 0 saturated heterocycles. The van der Waals surface area contributed by atoms with Crippen LogP contribution >= 0.6 is 0 Å². The highest BCUT2D eigenvalue weighted by molar-refractivity contribution is 5.75. The summed E-state index contributed by atoms with van der Waals surface area (Å²) in [6, 6.07) is 0. The van der Waals surface area contributed by atoms with Crippen molar-refractivity contribution < 1.29 is 19.8 Å². The van der Waals surface area contributed by atoms with Gasteiger partial charge in [0.05, 0.1) is 5.41 Å². The quantitative estimate of drug-likeness (QED) is 0.397. The molecule has 0 aromatic heterocycles. The predicted molar refractivity (Wildman–Crippen MR) is 98.2 cm³/mol. The molecule has 0 bridgehead atoms. The van der Waals surface area contributed by atoms with Gasteiger partial charge in [-0.2, -0.15) is 0 Å². The van der Waals surface area contributed by atoms with E-state index in [4.69, 9.17) is 5.11 Å². The van der Waals surface area contributed by atoms with Crippen molar-refractivity contribution in [3.8, 4) is 0 Å². The highest BCUT2D eigenvalue weighted by atomic mass is 16.4. The summed E-state index contributed by atoms with van der Waals surface area (Å²) in [6.07, 6.45) is 8.89. The number of carboxylic acids is 2. The number of carbonyl (C=O) groups is 2. The van der Waals surface area contributed by atoms with Crippen LogP contribution in [0.15, 0.2) is 0 Å². The lowest BCUT2D eigenvalue weighted by Crippen LogP contribution is -2.35. The van der Waals surface area contributed by atoms with E-state index in [0.29, 0.717) is 37.5 Å². The average molecular weight is 343 g/mol. The third kappa shape index (κ3) is 9.29. The predicted octanol–water partition coefficient (Wildman–Crippen LogP) is 5.75. The Morgan fingerprint density at radius 2 is 1.33 bits per heavy atom. The van der Waals surface area contributed by atoms with Gasteiger partial charge >= 0.3 is 11.9 Å². The summed E-state index contributed by atoms with van der Waals surface area (Å²) >= 11 is 0. The van der Waals surface area contributed by atoms with E-state index in [1.165, 1.54) is 0 Å². The topological polar surface area (TPSA) is 74.6 Å². The van der Waals surface area contributed by atoms with E-state index in [1.54, 1.807) is 0 Å². The minimum absolute atomic E-state index is 0.0573. The molecule has 0 aliphatic heterocycles. The first-order valence-corrected chi connectivity index (χ1v) is 9.72. The molecule has 2 unspecified atom stereocenters. The minimum atomic E-state index is -0.840. The van der Waals surface area contributed by atoms with Crippen LogP contribution < -0.4 is 0 Å². The Morgan fingerprint density at radius 1 is 0.875 bits per heavy atom. The van der Waals surface area contributed by atoms with Gasteiger partial charge in [-0.15, -0.1) is 0 Å². The first kappa shape index (κ1) is 22.9. The Bertz CT molecular complexity index is 349. The molecule has 24 heavy (non-hydrogen) atoms. The van der Waals surface area contributed by atoms with Gasteiger partial charge in [0.1, 0.15) is 0 Å². The Kier molecular flexibility index (Phi) is 11.8. The van der Waals surface area contributed by atoms with Crippen molar-refractivity contribution in [2.45, 2.75) is 98.3 Å². The lowest BCUT2D eigenvalue weighted by atomic mass is 9.69. The summed E-state index contributed by atoms with van der Waals surface area (Å²) in [4.78, 5) is 23.0. The van der Waals surface area contributed by atoms with E-state index in [-0.39, 0.29) is 6.42 Å². The first-order valence-electron chi connectivity index (χ1n) is 9.72. The summed E-state index contributed by atoms with van der Waals surface area (Å²) < 4.78 is 0. The molecule has 0 saturated carbocycles. The fourth-order valence-electron chi connectivity index (χ4n) is 3.79. The lowest BCUT2D eigenvalue weighted by molar-refractivity contribution is -0.153. The van der Waals surface area contributed by atoms with Crippen molar-refractivity contribution in [1.82, 2.24) is 0 Å². The van der Waals surface area contributed by atoms with Crippen LogP contribution in [0.3, 0.4) is 0 Å². The summed E-state index contributed by atoms with van der Waals surface area (Å²) in [5.41, 5.74) is -0.768. The lowest BCUT2D eigenvalue weighted by Gasteiger charge is -2.34. The van der Waals surface area contributed by atoms with Crippen molar-refractivity contribution in [3.05, 3.63) is 0 Å². The van der Waals surface area contributed by atoms with Crippen LogP contribution in [0.1, 0.15) is 98.3 Å². The molecule has 0 aliphatic rings. The zero-order valence-corrected chi connectivity index (χ0v) is 16.1. The monoisotopic (exact) mass is 342 g/mol. The Balaban J connectivity index is 5.07. The van der Waals surface area contributed by atoms with Gasteiger partial charge in [-0.3, -0.25) is 9.59 Å². The van der Waals surface area contributed by atoms with Gasteiger partial charge in [0, 0.05) is 6.42 Å². The summed E-state index contributed by atoms with van der Waals surface area (Å²) in [6.45, 7) is 8.58. The Labute approximate surface area is 148 Å². The van der Waals surface area contributed by atoms with Crippen molar-refractivity contribution >= 4 is 11.9 Å². The average Bonchev–Trinajstić information content (AvgIpc) is 2.50. The number of rotatable bonds is 15. The summed E-state index contributed by atoms with van der Waals surface area (Å²) in [5, 5.41) is 18.9. The SMILES string of the molecule is CCCCC(C)CC(CCCC(=O)O)(CC(C)CCCC)C(=O)O. The van der Waals surface area contributed by atoms with Crippen molar-refractivity contribution in [2.75, 3.05) is 0 Å². The molecule has 0 spiro atoms. The van der Waals surface area contributed by atoms with Gasteiger partial charge in [-0.25, -0.2) is 0 Å². The smallest absolute Gasteiger partial charge is 0.309 e. The summed E-state index contributed by atoms with van der Waals surface area (Å²) in [7, 11) is 0. The molecular formula is C20H38O4. The van der Waals surface area contributed by atoms with Gasteiger partial charge in [0.15, 0.2) is 0 Å². The van der Waals surface area contributed by atoms with Crippen LogP contribution in [-0.4, -0.2) is 22.2 Å². The number of hydrogen-bond donors (Lipinski definition) is 2. The number of hydrogen-bond acceptors (Lipinski definition) is 2. The van der Waals surface area contributed by atoms with E-state index >= 15 is 0 Å². The normalized spacial score (nSPS) is 16.3. The van der Waals surface area contributed by atoms with Gasteiger partial charge in [-0.1, -0.05) is 66.2 Å². The van der Waals surface area contributed by atoms with Crippen molar-refractivity contribution in [3.63, 3.8) is 0 Å². The van der Waals surface area contributed by atoms with Crippen molar-refractivity contribution in [2.24, 2.45) is 17.3 Å². The Morgan fingerprint density at radius 3 is 1.67 bits per heavy atom.